The highest BCUT2D eigenvalue weighted by molar-refractivity contribution is 5.72. The summed E-state index contributed by atoms with van der Waals surface area (Å²) in [5.74, 6) is -1.48. The van der Waals surface area contributed by atoms with Crippen molar-refractivity contribution in [3.8, 4) is 0 Å². The summed E-state index contributed by atoms with van der Waals surface area (Å²) in [4.78, 5) is 36.7. The number of carbonyl (C=O) groups is 3. The fourth-order valence-corrected chi connectivity index (χ4v) is 5.79. The number of allylic oxidation sites excluding steroid dienone is 2. The Balaban J connectivity index is 4.43. The monoisotopic (exact) mass is 683 g/mol. The Labute approximate surface area is 295 Å². The van der Waals surface area contributed by atoms with Crippen molar-refractivity contribution in [2.75, 3.05) is 41.0 Å². The average molecular weight is 683 g/mol. The SMILES string of the molecule is CCCCCCCC/C=C/CCCCCC(=O)OC(COCCC(C(=O)O)[N+](C)(C)C)COC(=O)CCCCCCCCCCCCC. The van der Waals surface area contributed by atoms with Crippen LogP contribution in [0.25, 0.3) is 0 Å². The van der Waals surface area contributed by atoms with E-state index >= 15 is 0 Å². The van der Waals surface area contributed by atoms with E-state index in [0.717, 1.165) is 51.4 Å². The zero-order valence-corrected chi connectivity index (χ0v) is 32.0. The van der Waals surface area contributed by atoms with Gasteiger partial charge in [0.15, 0.2) is 12.1 Å². The van der Waals surface area contributed by atoms with Gasteiger partial charge in [-0.1, -0.05) is 129 Å². The Hall–Kier alpha value is -1.93. The summed E-state index contributed by atoms with van der Waals surface area (Å²) in [5, 5.41) is 9.58. The molecule has 0 aromatic carbocycles. The molecule has 2 unspecified atom stereocenters. The Morgan fingerprint density at radius 2 is 1.04 bits per heavy atom. The number of unbranched alkanes of at least 4 members (excludes halogenated alkanes) is 19. The average Bonchev–Trinajstić information content (AvgIpc) is 3.03. The summed E-state index contributed by atoms with van der Waals surface area (Å²) in [6, 6.07) is -0.611. The number of carboxylic acid groups (broad SMARTS) is 1. The van der Waals surface area contributed by atoms with E-state index in [2.05, 4.69) is 26.0 Å². The van der Waals surface area contributed by atoms with E-state index in [-0.39, 0.29) is 36.2 Å². The molecule has 0 radical (unpaired) electrons. The van der Waals surface area contributed by atoms with E-state index in [9.17, 15) is 19.5 Å². The van der Waals surface area contributed by atoms with Crippen LogP contribution in [0, 0.1) is 0 Å². The second-order valence-corrected chi connectivity index (χ2v) is 14.5. The number of ether oxygens (including phenoxy) is 3. The number of carboxylic acids is 1. The topological polar surface area (TPSA) is 99.1 Å². The fraction of sp³-hybridized carbons (Fsp3) is 0.875. The smallest absolute Gasteiger partial charge is 0.362 e. The van der Waals surface area contributed by atoms with Gasteiger partial charge >= 0.3 is 17.9 Å². The summed E-state index contributed by atoms with van der Waals surface area (Å²) in [5.41, 5.74) is 0. The lowest BCUT2D eigenvalue weighted by atomic mass is 10.1. The highest BCUT2D eigenvalue weighted by atomic mass is 16.6. The number of esters is 2. The maximum Gasteiger partial charge on any atom is 0.362 e. The molecule has 0 aliphatic rings. The van der Waals surface area contributed by atoms with Crippen LogP contribution in [0.3, 0.4) is 0 Å². The first kappa shape index (κ1) is 46.1. The number of hydrogen-bond donors (Lipinski definition) is 1. The molecule has 282 valence electrons. The highest BCUT2D eigenvalue weighted by Crippen LogP contribution is 2.14. The molecule has 0 aromatic rings. The summed E-state index contributed by atoms with van der Waals surface area (Å²) >= 11 is 0. The van der Waals surface area contributed by atoms with Crippen molar-refractivity contribution < 1.29 is 38.2 Å². The molecule has 48 heavy (non-hydrogen) atoms. The maximum absolute atomic E-state index is 12.6. The molecule has 0 aromatic heterocycles. The Morgan fingerprint density at radius 1 is 0.604 bits per heavy atom. The van der Waals surface area contributed by atoms with Gasteiger partial charge in [-0.3, -0.25) is 9.59 Å². The molecular weight excluding hydrogens is 606 g/mol. The lowest BCUT2D eigenvalue weighted by Crippen LogP contribution is -2.50. The minimum atomic E-state index is -0.876. The second-order valence-electron chi connectivity index (χ2n) is 14.5. The van der Waals surface area contributed by atoms with Gasteiger partial charge in [0.25, 0.3) is 0 Å². The predicted octanol–water partition coefficient (Wildman–Crippen LogP) is 9.97. The first-order valence-electron chi connectivity index (χ1n) is 19.7. The first-order valence-corrected chi connectivity index (χ1v) is 19.7. The van der Waals surface area contributed by atoms with E-state index in [0.29, 0.717) is 19.3 Å². The third-order valence-corrected chi connectivity index (χ3v) is 8.91. The van der Waals surface area contributed by atoms with Crippen LogP contribution in [0.4, 0.5) is 0 Å². The molecule has 0 rings (SSSR count). The van der Waals surface area contributed by atoms with Gasteiger partial charge in [0.2, 0.25) is 0 Å². The first-order chi connectivity index (χ1) is 23.1. The lowest BCUT2D eigenvalue weighted by molar-refractivity contribution is -0.887. The third kappa shape index (κ3) is 30.2. The van der Waals surface area contributed by atoms with Crippen LogP contribution < -0.4 is 0 Å². The van der Waals surface area contributed by atoms with Gasteiger partial charge in [0, 0.05) is 19.3 Å². The van der Waals surface area contributed by atoms with E-state index < -0.39 is 18.1 Å². The van der Waals surface area contributed by atoms with Crippen molar-refractivity contribution >= 4 is 17.9 Å². The Kier molecular flexibility index (Phi) is 31.0. The van der Waals surface area contributed by atoms with Crippen LogP contribution >= 0.6 is 0 Å². The molecule has 0 heterocycles. The van der Waals surface area contributed by atoms with Crippen LogP contribution in [0.2, 0.25) is 0 Å². The molecule has 0 aliphatic carbocycles. The normalized spacial score (nSPS) is 13.1. The molecule has 0 spiro atoms. The van der Waals surface area contributed by atoms with Crippen molar-refractivity contribution in [3.05, 3.63) is 12.2 Å². The molecule has 0 saturated carbocycles. The lowest BCUT2D eigenvalue weighted by Gasteiger charge is -2.31. The fourth-order valence-electron chi connectivity index (χ4n) is 5.79. The van der Waals surface area contributed by atoms with Crippen molar-refractivity contribution in [2.24, 2.45) is 0 Å². The maximum atomic E-state index is 12.6. The number of carbonyl (C=O) groups excluding carboxylic acids is 2. The van der Waals surface area contributed by atoms with Crippen LogP contribution in [0.15, 0.2) is 12.2 Å². The number of aliphatic carboxylic acids is 1. The minimum absolute atomic E-state index is 0.0519. The zero-order chi connectivity index (χ0) is 35.7. The van der Waals surface area contributed by atoms with E-state index in [4.69, 9.17) is 14.2 Å². The third-order valence-electron chi connectivity index (χ3n) is 8.91. The predicted molar refractivity (Wildman–Crippen MR) is 197 cm³/mol. The molecular formula is C40H76NO7+. The summed E-state index contributed by atoms with van der Waals surface area (Å²) in [6.45, 7) is 4.70. The minimum Gasteiger partial charge on any atom is -0.477 e. The Morgan fingerprint density at radius 3 is 1.52 bits per heavy atom. The number of likely N-dealkylation sites (N-methyl/N-ethyl adjacent to an activating group) is 1. The number of quaternary nitrogens is 1. The van der Waals surface area contributed by atoms with Gasteiger partial charge in [-0.25, -0.2) is 4.79 Å². The molecule has 1 N–H and O–H groups in total. The van der Waals surface area contributed by atoms with Crippen LogP contribution in [-0.4, -0.2) is 80.6 Å². The quantitative estimate of drug-likeness (QED) is 0.0307. The van der Waals surface area contributed by atoms with Gasteiger partial charge < -0.3 is 23.8 Å². The van der Waals surface area contributed by atoms with Crippen molar-refractivity contribution in [1.82, 2.24) is 0 Å². The Bertz CT molecular complexity index is 808. The molecule has 0 amide bonds. The van der Waals surface area contributed by atoms with Gasteiger partial charge in [0.1, 0.15) is 6.61 Å². The zero-order valence-electron chi connectivity index (χ0n) is 32.0. The van der Waals surface area contributed by atoms with Crippen LogP contribution in [0.1, 0.15) is 174 Å². The number of nitrogens with zero attached hydrogens (tertiary/aromatic N) is 1. The van der Waals surface area contributed by atoms with Crippen molar-refractivity contribution in [1.29, 1.82) is 0 Å². The number of hydrogen-bond acceptors (Lipinski definition) is 6. The second kappa shape index (κ2) is 32.3. The van der Waals surface area contributed by atoms with Crippen LogP contribution in [0.5, 0.6) is 0 Å². The van der Waals surface area contributed by atoms with Gasteiger partial charge in [-0.2, -0.15) is 0 Å². The van der Waals surface area contributed by atoms with Crippen molar-refractivity contribution in [2.45, 2.75) is 187 Å². The summed E-state index contributed by atoms with van der Waals surface area (Å²) < 4.78 is 17.2. The number of rotatable bonds is 35. The molecule has 8 nitrogen and oxygen atoms in total. The molecule has 0 aliphatic heterocycles. The van der Waals surface area contributed by atoms with E-state index in [1.165, 1.54) is 89.9 Å². The summed E-state index contributed by atoms with van der Waals surface area (Å²) in [7, 11) is 5.52. The summed E-state index contributed by atoms with van der Waals surface area (Å²) in [6.07, 6.45) is 31.0. The van der Waals surface area contributed by atoms with E-state index in [1.807, 2.05) is 21.1 Å². The largest absolute Gasteiger partial charge is 0.477 e. The standard InChI is InChI=1S/C40H75NO7/c1-6-8-10-12-14-16-18-19-21-23-25-27-29-31-39(43)48-36(34-46-33-32-37(40(44)45)41(3,4)5)35-47-38(42)30-28-26-24-22-20-17-15-13-11-9-7-2/h19,21,36-37H,6-18,20,22-35H2,1-5H3/p+1/b21-19+. The van der Waals surface area contributed by atoms with E-state index in [1.54, 1.807) is 0 Å². The van der Waals surface area contributed by atoms with Gasteiger partial charge in [0.05, 0.1) is 34.4 Å². The molecule has 2 atom stereocenters. The molecule has 0 saturated heterocycles. The van der Waals surface area contributed by atoms with Crippen molar-refractivity contribution in [3.63, 3.8) is 0 Å². The van der Waals surface area contributed by atoms with Gasteiger partial charge in [-0.05, 0) is 38.5 Å². The van der Waals surface area contributed by atoms with Crippen LogP contribution in [-0.2, 0) is 28.6 Å². The highest BCUT2D eigenvalue weighted by Gasteiger charge is 2.31. The molecule has 0 bridgehead atoms. The molecule has 0 fully saturated rings. The molecule has 8 heteroatoms. The van der Waals surface area contributed by atoms with Gasteiger partial charge in [-0.15, -0.1) is 0 Å².